The first-order valence-electron chi connectivity index (χ1n) is 5.46. The number of nitro groups is 1. The quantitative estimate of drug-likeness (QED) is 0.315. The van der Waals surface area contributed by atoms with Crippen molar-refractivity contribution >= 4 is 17.8 Å². The van der Waals surface area contributed by atoms with Gasteiger partial charge in [-0.25, -0.2) is 10.9 Å². The SMILES string of the molecule is O=C1CNNC(N/N=C/c2cccc([N+](=O)[O-])c2)N1. The summed E-state index contributed by atoms with van der Waals surface area (Å²) in [5.74, 6) is -0.165. The Bertz CT molecular complexity index is 518. The number of hydrogen-bond donors (Lipinski definition) is 4. The molecule has 9 heteroatoms. The summed E-state index contributed by atoms with van der Waals surface area (Å²) in [5, 5.41) is 17.1. The molecular formula is C10H12N6O3. The van der Waals surface area contributed by atoms with E-state index in [2.05, 4.69) is 26.7 Å². The zero-order valence-electron chi connectivity index (χ0n) is 9.79. The lowest BCUT2D eigenvalue weighted by molar-refractivity contribution is -0.384. The topological polar surface area (TPSA) is 121 Å². The predicted octanol–water partition coefficient (Wildman–Crippen LogP) is -0.974. The highest BCUT2D eigenvalue weighted by molar-refractivity contribution is 5.80. The second kappa shape index (κ2) is 5.89. The maximum Gasteiger partial charge on any atom is 0.270 e. The fourth-order valence-corrected chi connectivity index (χ4v) is 1.45. The molecule has 0 spiro atoms. The van der Waals surface area contributed by atoms with Gasteiger partial charge in [-0.1, -0.05) is 12.1 Å². The van der Waals surface area contributed by atoms with Crippen LogP contribution in [0.5, 0.6) is 0 Å². The van der Waals surface area contributed by atoms with Crippen molar-refractivity contribution in [1.82, 2.24) is 21.6 Å². The van der Waals surface area contributed by atoms with Gasteiger partial charge in [0.25, 0.3) is 5.69 Å². The molecular weight excluding hydrogens is 252 g/mol. The van der Waals surface area contributed by atoms with E-state index in [0.717, 1.165) is 0 Å². The number of non-ortho nitro benzene ring substituents is 1. The molecule has 0 radical (unpaired) electrons. The number of carbonyl (C=O) groups excluding carboxylic acids is 1. The van der Waals surface area contributed by atoms with E-state index in [1.807, 2.05) is 0 Å². The van der Waals surface area contributed by atoms with E-state index < -0.39 is 11.2 Å². The maximum atomic E-state index is 11.0. The summed E-state index contributed by atoms with van der Waals surface area (Å²) in [6.45, 7) is 0.187. The van der Waals surface area contributed by atoms with Crippen molar-refractivity contribution in [2.75, 3.05) is 6.54 Å². The van der Waals surface area contributed by atoms with Gasteiger partial charge in [0, 0.05) is 17.7 Å². The van der Waals surface area contributed by atoms with Crippen LogP contribution in [-0.4, -0.2) is 29.9 Å². The molecule has 1 aliphatic rings. The molecule has 1 heterocycles. The average molecular weight is 264 g/mol. The lowest BCUT2D eigenvalue weighted by Crippen LogP contribution is -2.64. The first-order valence-corrected chi connectivity index (χ1v) is 5.46. The van der Waals surface area contributed by atoms with E-state index in [0.29, 0.717) is 5.56 Å². The van der Waals surface area contributed by atoms with Crippen LogP contribution in [0.4, 0.5) is 5.69 Å². The van der Waals surface area contributed by atoms with Gasteiger partial charge in [-0.3, -0.25) is 20.3 Å². The van der Waals surface area contributed by atoms with Gasteiger partial charge in [0.15, 0.2) is 6.29 Å². The molecule has 1 fully saturated rings. The normalized spacial score (nSPS) is 19.2. The zero-order valence-corrected chi connectivity index (χ0v) is 9.79. The lowest BCUT2D eigenvalue weighted by atomic mass is 10.2. The number of carbonyl (C=O) groups is 1. The Kier molecular flexibility index (Phi) is 4.00. The highest BCUT2D eigenvalue weighted by atomic mass is 16.6. The number of nitrogens with zero attached hydrogens (tertiary/aromatic N) is 2. The minimum Gasteiger partial charge on any atom is -0.320 e. The van der Waals surface area contributed by atoms with Crippen molar-refractivity contribution in [3.8, 4) is 0 Å². The summed E-state index contributed by atoms with van der Waals surface area (Å²) in [6, 6.07) is 6.05. The van der Waals surface area contributed by atoms with Crippen LogP contribution in [0.2, 0.25) is 0 Å². The summed E-state index contributed by atoms with van der Waals surface area (Å²) in [4.78, 5) is 21.2. The Morgan fingerprint density at radius 1 is 1.53 bits per heavy atom. The number of rotatable bonds is 4. The minimum absolute atomic E-state index is 0.00490. The molecule has 19 heavy (non-hydrogen) atoms. The van der Waals surface area contributed by atoms with E-state index in [1.54, 1.807) is 12.1 Å². The number of hydrazone groups is 1. The summed E-state index contributed by atoms with van der Waals surface area (Å²) in [5.41, 5.74) is 8.64. The van der Waals surface area contributed by atoms with Crippen LogP contribution in [0.15, 0.2) is 29.4 Å². The molecule has 1 aromatic carbocycles. The number of nitrogens with one attached hydrogen (secondary N) is 4. The summed E-state index contributed by atoms with van der Waals surface area (Å²) >= 11 is 0. The molecule has 4 N–H and O–H groups in total. The minimum atomic E-state index is -0.531. The van der Waals surface area contributed by atoms with Crippen molar-refractivity contribution in [1.29, 1.82) is 0 Å². The van der Waals surface area contributed by atoms with Crippen LogP contribution in [0.3, 0.4) is 0 Å². The van der Waals surface area contributed by atoms with Gasteiger partial charge < -0.3 is 5.32 Å². The van der Waals surface area contributed by atoms with E-state index in [1.165, 1.54) is 18.3 Å². The van der Waals surface area contributed by atoms with Crippen LogP contribution in [0, 0.1) is 10.1 Å². The largest absolute Gasteiger partial charge is 0.320 e. The highest BCUT2D eigenvalue weighted by Gasteiger charge is 2.15. The lowest BCUT2D eigenvalue weighted by Gasteiger charge is -2.24. The zero-order chi connectivity index (χ0) is 13.7. The molecule has 100 valence electrons. The first-order chi connectivity index (χ1) is 9.15. The van der Waals surface area contributed by atoms with Crippen LogP contribution in [-0.2, 0) is 4.79 Å². The van der Waals surface area contributed by atoms with Crippen LogP contribution < -0.4 is 21.6 Å². The molecule has 1 atom stereocenters. The third kappa shape index (κ3) is 3.72. The predicted molar refractivity (Wildman–Crippen MR) is 66.9 cm³/mol. The summed E-state index contributed by atoms with van der Waals surface area (Å²) in [7, 11) is 0. The molecule has 9 nitrogen and oxygen atoms in total. The molecule has 1 aromatic rings. The third-order valence-corrected chi connectivity index (χ3v) is 2.30. The molecule has 1 aliphatic heterocycles. The second-order valence-electron chi connectivity index (χ2n) is 3.74. The average Bonchev–Trinajstić information content (AvgIpc) is 2.39. The van der Waals surface area contributed by atoms with Gasteiger partial charge in [0.05, 0.1) is 17.7 Å². The number of nitro benzene ring substituents is 1. The van der Waals surface area contributed by atoms with Gasteiger partial charge in [-0.15, -0.1) is 0 Å². The van der Waals surface area contributed by atoms with Crippen LogP contribution >= 0.6 is 0 Å². The Balaban J connectivity index is 1.93. The molecule has 0 aromatic heterocycles. The second-order valence-corrected chi connectivity index (χ2v) is 3.74. The molecule has 0 bridgehead atoms. The van der Waals surface area contributed by atoms with E-state index in [-0.39, 0.29) is 18.1 Å². The van der Waals surface area contributed by atoms with Gasteiger partial charge in [-0.2, -0.15) is 5.10 Å². The van der Waals surface area contributed by atoms with Gasteiger partial charge in [-0.05, 0) is 0 Å². The Labute approximate surface area is 108 Å². The Morgan fingerprint density at radius 2 is 2.37 bits per heavy atom. The van der Waals surface area contributed by atoms with Gasteiger partial charge in [0.2, 0.25) is 5.91 Å². The first kappa shape index (κ1) is 12.9. The summed E-state index contributed by atoms with van der Waals surface area (Å²) < 4.78 is 0. The molecule has 2 rings (SSSR count). The van der Waals surface area contributed by atoms with Crippen molar-refractivity contribution in [2.45, 2.75) is 6.29 Å². The number of amides is 1. The number of hydrogen-bond acceptors (Lipinski definition) is 7. The van der Waals surface area contributed by atoms with Gasteiger partial charge >= 0.3 is 0 Å². The third-order valence-electron chi connectivity index (χ3n) is 2.30. The Morgan fingerprint density at radius 3 is 3.11 bits per heavy atom. The van der Waals surface area contributed by atoms with Crippen LogP contribution in [0.25, 0.3) is 0 Å². The van der Waals surface area contributed by atoms with Crippen molar-refractivity contribution in [3.63, 3.8) is 0 Å². The number of benzene rings is 1. The fourth-order valence-electron chi connectivity index (χ4n) is 1.45. The molecule has 0 saturated carbocycles. The van der Waals surface area contributed by atoms with Crippen molar-refractivity contribution in [2.24, 2.45) is 5.10 Å². The van der Waals surface area contributed by atoms with Crippen molar-refractivity contribution < 1.29 is 9.72 Å². The molecule has 1 amide bonds. The fraction of sp³-hybridized carbons (Fsp3) is 0.200. The van der Waals surface area contributed by atoms with E-state index >= 15 is 0 Å². The molecule has 1 unspecified atom stereocenters. The van der Waals surface area contributed by atoms with Crippen LogP contribution in [0.1, 0.15) is 5.56 Å². The molecule has 0 aliphatic carbocycles. The monoisotopic (exact) mass is 264 g/mol. The maximum absolute atomic E-state index is 11.0. The highest BCUT2D eigenvalue weighted by Crippen LogP contribution is 2.11. The van der Waals surface area contributed by atoms with E-state index in [9.17, 15) is 14.9 Å². The van der Waals surface area contributed by atoms with Crippen molar-refractivity contribution in [3.05, 3.63) is 39.9 Å². The molecule has 1 saturated heterocycles. The summed E-state index contributed by atoms with van der Waals surface area (Å²) in [6.07, 6.45) is 0.895. The number of hydrazine groups is 1. The van der Waals surface area contributed by atoms with Gasteiger partial charge in [0.1, 0.15) is 0 Å². The standard InChI is InChI=1S/C10H12N6O3/c17-9-6-12-15-10(13-9)14-11-5-7-2-1-3-8(4-7)16(18)19/h1-5,10,12,14-15H,6H2,(H,13,17)/b11-5+. The van der Waals surface area contributed by atoms with E-state index in [4.69, 9.17) is 0 Å². The smallest absolute Gasteiger partial charge is 0.270 e. The Hall–Kier alpha value is -2.52.